The molecule has 0 saturated carbocycles. The fraction of sp³-hybridized carbons (Fsp3) is 0.250. The summed E-state index contributed by atoms with van der Waals surface area (Å²) in [4.78, 5) is 0. The van der Waals surface area contributed by atoms with Crippen molar-refractivity contribution in [1.82, 2.24) is 0 Å². The fourth-order valence-electron chi connectivity index (χ4n) is 2.18. The van der Waals surface area contributed by atoms with Gasteiger partial charge < -0.3 is 25.3 Å². The molecule has 1 heterocycles. The SMILES string of the molecule is CCOc1cc(Nc2ccc3c(c2)OCCO3)ccc1N. The van der Waals surface area contributed by atoms with E-state index in [-0.39, 0.29) is 0 Å². The van der Waals surface area contributed by atoms with Crippen LogP contribution in [0, 0.1) is 0 Å². The summed E-state index contributed by atoms with van der Waals surface area (Å²) in [6.07, 6.45) is 0. The third-order valence-corrected chi connectivity index (χ3v) is 3.14. The highest BCUT2D eigenvalue weighted by Crippen LogP contribution is 2.34. The Labute approximate surface area is 123 Å². The first-order valence-electron chi connectivity index (χ1n) is 6.95. The second-order valence-corrected chi connectivity index (χ2v) is 4.67. The normalized spacial score (nSPS) is 12.8. The molecule has 110 valence electrons. The zero-order valence-corrected chi connectivity index (χ0v) is 11.9. The smallest absolute Gasteiger partial charge is 0.163 e. The quantitative estimate of drug-likeness (QED) is 0.845. The summed E-state index contributed by atoms with van der Waals surface area (Å²) in [6, 6.07) is 11.4. The number of benzene rings is 2. The van der Waals surface area contributed by atoms with Crippen LogP contribution in [0.2, 0.25) is 0 Å². The second kappa shape index (κ2) is 5.83. The molecule has 0 atom stereocenters. The monoisotopic (exact) mass is 286 g/mol. The molecule has 3 rings (SSSR count). The summed E-state index contributed by atoms with van der Waals surface area (Å²) >= 11 is 0. The molecule has 21 heavy (non-hydrogen) atoms. The van der Waals surface area contributed by atoms with Crippen LogP contribution in [0.4, 0.5) is 17.1 Å². The molecule has 1 aliphatic heterocycles. The van der Waals surface area contributed by atoms with E-state index in [9.17, 15) is 0 Å². The summed E-state index contributed by atoms with van der Waals surface area (Å²) in [5, 5.41) is 3.31. The minimum Gasteiger partial charge on any atom is -0.492 e. The molecule has 0 saturated heterocycles. The molecule has 5 heteroatoms. The van der Waals surface area contributed by atoms with Gasteiger partial charge in [-0.25, -0.2) is 0 Å². The van der Waals surface area contributed by atoms with Crippen LogP contribution in [0.3, 0.4) is 0 Å². The lowest BCUT2D eigenvalue weighted by Gasteiger charge is -2.19. The molecule has 0 spiro atoms. The highest BCUT2D eigenvalue weighted by molar-refractivity contribution is 5.68. The van der Waals surface area contributed by atoms with Crippen molar-refractivity contribution in [3.05, 3.63) is 36.4 Å². The van der Waals surface area contributed by atoms with E-state index < -0.39 is 0 Å². The summed E-state index contributed by atoms with van der Waals surface area (Å²) in [7, 11) is 0. The van der Waals surface area contributed by atoms with Crippen molar-refractivity contribution in [2.24, 2.45) is 0 Å². The van der Waals surface area contributed by atoms with Crippen LogP contribution in [0.15, 0.2) is 36.4 Å². The van der Waals surface area contributed by atoms with Gasteiger partial charge in [-0.1, -0.05) is 0 Å². The Hall–Kier alpha value is -2.56. The minimum absolute atomic E-state index is 0.576. The van der Waals surface area contributed by atoms with Crippen LogP contribution in [-0.4, -0.2) is 19.8 Å². The van der Waals surface area contributed by atoms with Gasteiger partial charge >= 0.3 is 0 Å². The number of anilines is 3. The maximum absolute atomic E-state index is 5.87. The predicted molar refractivity (Wildman–Crippen MR) is 82.7 cm³/mol. The first-order chi connectivity index (χ1) is 10.3. The highest BCUT2D eigenvalue weighted by atomic mass is 16.6. The zero-order chi connectivity index (χ0) is 14.7. The molecule has 0 amide bonds. The molecule has 5 nitrogen and oxygen atoms in total. The van der Waals surface area contributed by atoms with Crippen LogP contribution < -0.4 is 25.3 Å². The van der Waals surface area contributed by atoms with Gasteiger partial charge in [-0.3, -0.25) is 0 Å². The fourth-order valence-corrected chi connectivity index (χ4v) is 2.18. The molecule has 2 aromatic carbocycles. The van der Waals surface area contributed by atoms with Gasteiger partial charge in [0.15, 0.2) is 11.5 Å². The molecule has 0 fully saturated rings. The summed E-state index contributed by atoms with van der Waals surface area (Å²) in [5.41, 5.74) is 8.33. The van der Waals surface area contributed by atoms with Crippen molar-refractivity contribution in [3.63, 3.8) is 0 Å². The molecule has 0 aromatic heterocycles. The van der Waals surface area contributed by atoms with E-state index in [1.54, 1.807) is 0 Å². The Kier molecular flexibility index (Phi) is 3.73. The lowest BCUT2D eigenvalue weighted by molar-refractivity contribution is 0.171. The van der Waals surface area contributed by atoms with Crippen molar-refractivity contribution in [2.45, 2.75) is 6.92 Å². The molecule has 0 bridgehead atoms. The third-order valence-electron chi connectivity index (χ3n) is 3.14. The Morgan fingerprint density at radius 1 is 1.05 bits per heavy atom. The van der Waals surface area contributed by atoms with Gasteiger partial charge in [0.2, 0.25) is 0 Å². The van der Waals surface area contributed by atoms with E-state index in [4.69, 9.17) is 19.9 Å². The maximum atomic E-state index is 5.87. The molecule has 3 N–H and O–H groups in total. The predicted octanol–water partition coefficient (Wildman–Crippen LogP) is 3.18. The average molecular weight is 286 g/mol. The number of hydrogen-bond acceptors (Lipinski definition) is 5. The van der Waals surface area contributed by atoms with Crippen molar-refractivity contribution >= 4 is 17.1 Å². The standard InChI is InChI=1S/C16H18N2O3/c1-2-19-15-9-11(3-5-13(15)17)18-12-4-6-14-16(10-12)21-8-7-20-14/h3-6,9-10,18H,2,7-8,17H2,1H3. The van der Waals surface area contributed by atoms with Gasteiger partial charge in [0, 0.05) is 23.5 Å². The summed E-state index contributed by atoms with van der Waals surface area (Å²) in [6.45, 7) is 3.68. The molecule has 0 radical (unpaired) electrons. The van der Waals surface area contributed by atoms with Crippen molar-refractivity contribution in [2.75, 3.05) is 30.9 Å². The number of nitrogen functional groups attached to an aromatic ring is 1. The van der Waals surface area contributed by atoms with E-state index in [0.717, 1.165) is 22.9 Å². The number of ether oxygens (including phenoxy) is 3. The largest absolute Gasteiger partial charge is 0.492 e. The van der Waals surface area contributed by atoms with Crippen LogP contribution in [0.25, 0.3) is 0 Å². The second-order valence-electron chi connectivity index (χ2n) is 4.67. The molecular formula is C16H18N2O3. The van der Waals surface area contributed by atoms with Crippen molar-refractivity contribution < 1.29 is 14.2 Å². The van der Waals surface area contributed by atoms with Gasteiger partial charge in [0.1, 0.15) is 19.0 Å². The number of hydrogen-bond donors (Lipinski definition) is 2. The van der Waals surface area contributed by atoms with Gasteiger partial charge in [0.25, 0.3) is 0 Å². The summed E-state index contributed by atoms with van der Waals surface area (Å²) in [5.74, 6) is 2.21. The minimum atomic E-state index is 0.576. The molecule has 2 aromatic rings. The van der Waals surface area contributed by atoms with Crippen LogP contribution in [-0.2, 0) is 0 Å². The molecule has 1 aliphatic rings. The lowest BCUT2D eigenvalue weighted by Crippen LogP contribution is -2.15. The topological polar surface area (TPSA) is 65.7 Å². The van der Waals surface area contributed by atoms with Gasteiger partial charge in [-0.2, -0.15) is 0 Å². The Morgan fingerprint density at radius 3 is 2.57 bits per heavy atom. The van der Waals surface area contributed by atoms with Crippen LogP contribution in [0.1, 0.15) is 6.92 Å². The van der Waals surface area contributed by atoms with Gasteiger partial charge in [0.05, 0.1) is 12.3 Å². The van der Waals surface area contributed by atoms with E-state index in [2.05, 4.69) is 5.32 Å². The number of fused-ring (bicyclic) bond motifs is 1. The van der Waals surface area contributed by atoms with Gasteiger partial charge in [-0.05, 0) is 31.2 Å². The summed E-state index contributed by atoms with van der Waals surface area (Å²) < 4.78 is 16.6. The van der Waals surface area contributed by atoms with Crippen molar-refractivity contribution in [1.29, 1.82) is 0 Å². The van der Waals surface area contributed by atoms with Gasteiger partial charge in [-0.15, -0.1) is 0 Å². The number of nitrogens with two attached hydrogens (primary N) is 1. The van der Waals surface area contributed by atoms with Crippen molar-refractivity contribution in [3.8, 4) is 17.2 Å². The molecular weight excluding hydrogens is 268 g/mol. The number of rotatable bonds is 4. The Balaban J connectivity index is 1.81. The molecule has 0 unspecified atom stereocenters. The highest BCUT2D eigenvalue weighted by Gasteiger charge is 2.12. The van der Waals surface area contributed by atoms with Crippen LogP contribution in [0.5, 0.6) is 17.2 Å². The first kappa shape index (κ1) is 13.4. The maximum Gasteiger partial charge on any atom is 0.163 e. The molecule has 0 aliphatic carbocycles. The van der Waals surface area contributed by atoms with Crippen LogP contribution >= 0.6 is 0 Å². The lowest BCUT2D eigenvalue weighted by atomic mass is 10.2. The Morgan fingerprint density at radius 2 is 1.76 bits per heavy atom. The average Bonchev–Trinajstić information content (AvgIpc) is 2.51. The van der Waals surface area contributed by atoms with E-state index in [1.807, 2.05) is 43.3 Å². The van der Waals surface area contributed by atoms with E-state index in [1.165, 1.54) is 0 Å². The van der Waals surface area contributed by atoms with E-state index >= 15 is 0 Å². The number of nitrogens with one attached hydrogen (secondary N) is 1. The third kappa shape index (κ3) is 2.97. The zero-order valence-electron chi connectivity index (χ0n) is 11.9. The first-order valence-corrected chi connectivity index (χ1v) is 6.95. The van der Waals surface area contributed by atoms with E-state index in [0.29, 0.717) is 31.3 Å². The Bertz CT molecular complexity index is 643.